The molecule has 0 radical (unpaired) electrons. The highest BCUT2D eigenvalue weighted by atomic mass is 32.2. The Hall–Kier alpha value is -2.22. The number of benzene rings is 1. The zero-order valence-corrected chi connectivity index (χ0v) is 15.8. The van der Waals surface area contributed by atoms with Gasteiger partial charge in [0.15, 0.2) is 0 Å². The van der Waals surface area contributed by atoms with Crippen molar-refractivity contribution in [3.63, 3.8) is 0 Å². The van der Waals surface area contributed by atoms with Crippen LogP contribution < -0.4 is 10.1 Å². The van der Waals surface area contributed by atoms with Gasteiger partial charge in [0.1, 0.15) is 11.8 Å². The summed E-state index contributed by atoms with van der Waals surface area (Å²) in [6.45, 7) is 4.56. The SMILES string of the molecule is CCOc1ccc(C(=O)N2CSC[C@H]2C(=O)OCCCNC(C)=O)cc1. The van der Waals surface area contributed by atoms with Gasteiger partial charge in [0.25, 0.3) is 5.91 Å². The van der Waals surface area contributed by atoms with Gasteiger partial charge in [-0.1, -0.05) is 0 Å². The first-order chi connectivity index (χ1) is 12.5. The first-order valence-corrected chi connectivity index (χ1v) is 9.71. The minimum Gasteiger partial charge on any atom is -0.494 e. The number of hydrogen-bond acceptors (Lipinski definition) is 6. The van der Waals surface area contributed by atoms with Crippen molar-refractivity contribution in [3.8, 4) is 5.75 Å². The highest BCUT2D eigenvalue weighted by molar-refractivity contribution is 7.99. The third-order valence-electron chi connectivity index (χ3n) is 3.77. The Morgan fingerprint density at radius 3 is 2.65 bits per heavy atom. The molecule has 1 saturated heterocycles. The second-order valence-electron chi connectivity index (χ2n) is 5.75. The summed E-state index contributed by atoms with van der Waals surface area (Å²) in [4.78, 5) is 37.3. The third kappa shape index (κ3) is 5.66. The molecule has 2 amide bonds. The molecule has 1 heterocycles. The van der Waals surface area contributed by atoms with Crippen LogP contribution >= 0.6 is 11.8 Å². The number of carbonyl (C=O) groups excluding carboxylic acids is 3. The fraction of sp³-hybridized carbons (Fsp3) is 0.500. The molecule has 1 N–H and O–H groups in total. The van der Waals surface area contributed by atoms with Crippen molar-refractivity contribution in [3.05, 3.63) is 29.8 Å². The number of nitrogens with one attached hydrogen (secondary N) is 1. The lowest BCUT2D eigenvalue weighted by Crippen LogP contribution is -2.43. The molecule has 142 valence electrons. The number of hydrogen-bond donors (Lipinski definition) is 1. The summed E-state index contributed by atoms with van der Waals surface area (Å²) < 4.78 is 10.6. The van der Waals surface area contributed by atoms with E-state index in [-0.39, 0.29) is 18.4 Å². The van der Waals surface area contributed by atoms with Crippen LogP contribution in [0.25, 0.3) is 0 Å². The van der Waals surface area contributed by atoms with Crippen molar-refractivity contribution in [1.29, 1.82) is 0 Å². The lowest BCUT2D eigenvalue weighted by Gasteiger charge is -2.22. The van der Waals surface area contributed by atoms with Gasteiger partial charge in [-0.25, -0.2) is 4.79 Å². The summed E-state index contributed by atoms with van der Waals surface area (Å²) in [7, 11) is 0. The van der Waals surface area contributed by atoms with Crippen molar-refractivity contribution in [1.82, 2.24) is 10.2 Å². The van der Waals surface area contributed by atoms with E-state index in [2.05, 4.69) is 5.32 Å². The molecule has 1 aliphatic heterocycles. The number of esters is 1. The van der Waals surface area contributed by atoms with Crippen LogP contribution in [0.5, 0.6) is 5.75 Å². The number of rotatable bonds is 8. The normalized spacial score (nSPS) is 16.2. The fourth-order valence-corrected chi connectivity index (χ4v) is 3.61. The maximum Gasteiger partial charge on any atom is 0.329 e. The summed E-state index contributed by atoms with van der Waals surface area (Å²) in [5.41, 5.74) is 0.513. The minimum atomic E-state index is -0.583. The monoisotopic (exact) mass is 380 g/mol. The van der Waals surface area contributed by atoms with Gasteiger partial charge >= 0.3 is 5.97 Å². The Bertz CT molecular complexity index is 635. The van der Waals surface area contributed by atoms with E-state index >= 15 is 0 Å². The molecule has 0 aromatic heterocycles. The molecule has 1 aromatic carbocycles. The topological polar surface area (TPSA) is 84.9 Å². The maximum atomic E-state index is 12.7. The van der Waals surface area contributed by atoms with Crippen LogP contribution in [0, 0.1) is 0 Å². The summed E-state index contributed by atoms with van der Waals surface area (Å²) in [6, 6.07) is 6.31. The molecule has 0 saturated carbocycles. The number of amides is 2. The van der Waals surface area contributed by atoms with Gasteiger partial charge in [0.2, 0.25) is 5.91 Å². The number of thioether (sulfide) groups is 1. The smallest absolute Gasteiger partial charge is 0.329 e. The summed E-state index contributed by atoms with van der Waals surface area (Å²) >= 11 is 1.52. The molecule has 0 spiro atoms. The average molecular weight is 380 g/mol. The van der Waals surface area contributed by atoms with Gasteiger partial charge in [0.05, 0.1) is 19.1 Å². The third-order valence-corrected chi connectivity index (χ3v) is 4.78. The first kappa shape index (κ1) is 20.1. The highest BCUT2D eigenvalue weighted by Gasteiger charge is 2.36. The molecule has 1 atom stereocenters. The predicted octanol–water partition coefficient (Wildman–Crippen LogP) is 1.67. The lowest BCUT2D eigenvalue weighted by atomic mass is 10.1. The highest BCUT2D eigenvalue weighted by Crippen LogP contribution is 2.25. The Kier molecular flexibility index (Phi) is 7.77. The van der Waals surface area contributed by atoms with Crippen LogP contribution in [0.15, 0.2) is 24.3 Å². The second kappa shape index (κ2) is 10.1. The zero-order valence-electron chi connectivity index (χ0n) is 15.0. The largest absolute Gasteiger partial charge is 0.494 e. The van der Waals surface area contributed by atoms with E-state index in [9.17, 15) is 14.4 Å². The second-order valence-corrected chi connectivity index (χ2v) is 6.75. The van der Waals surface area contributed by atoms with E-state index in [1.807, 2.05) is 6.92 Å². The maximum absolute atomic E-state index is 12.7. The fourth-order valence-electron chi connectivity index (χ4n) is 2.47. The molecule has 7 nitrogen and oxygen atoms in total. The van der Waals surface area contributed by atoms with Crippen LogP contribution in [0.4, 0.5) is 0 Å². The van der Waals surface area contributed by atoms with Gasteiger partial charge in [-0.05, 0) is 37.6 Å². The molecule has 0 bridgehead atoms. The van der Waals surface area contributed by atoms with Crippen molar-refractivity contribution < 1.29 is 23.9 Å². The number of nitrogens with zero attached hydrogens (tertiary/aromatic N) is 1. The average Bonchev–Trinajstić information content (AvgIpc) is 3.11. The van der Waals surface area contributed by atoms with E-state index in [0.717, 1.165) is 0 Å². The first-order valence-electron chi connectivity index (χ1n) is 8.55. The summed E-state index contributed by atoms with van der Waals surface area (Å²) in [5, 5.41) is 2.64. The molecule has 0 unspecified atom stereocenters. The van der Waals surface area contributed by atoms with E-state index in [1.54, 1.807) is 24.3 Å². The Morgan fingerprint density at radius 2 is 2.00 bits per heavy atom. The van der Waals surface area contributed by atoms with Crippen molar-refractivity contribution >= 4 is 29.5 Å². The van der Waals surface area contributed by atoms with Gasteiger partial charge in [0, 0.05) is 24.8 Å². The minimum absolute atomic E-state index is 0.115. The van der Waals surface area contributed by atoms with E-state index in [1.165, 1.54) is 23.6 Å². The molecule has 2 rings (SSSR count). The molecule has 1 aromatic rings. The molecular weight excluding hydrogens is 356 g/mol. The van der Waals surface area contributed by atoms with Crippen LogP contribution in [-0.4, -0.2) is 60.1 Å². The lowest BCUT2D eigenvalue weighted by molar-refractivity contribution is -0.147. The summed E-state index contributed by atoms with van der Waals surface area (Å²) in [5.74, 6) is 0.964. The summed E-state index contributed by atoms with van der Waals surface area (Å²) in [6.07, 6.45) is 0.540. The van der Waals surface area contributed by atoms with Gasteiger partial charge < -0.3 is 19.7 Å². The standard InChI is InChI=1S/C18H24N2O5S/c1-3-24-15-7-5-14(6-8-15)17(22)20-12-26-11-16(20)18(23)25-10-4-9-19-13(2)21/h5-8,16H,3-4,9-12H2,1-2H3,(H,19,21)/t16-/m0/s1. The van der Waals surface area contributed by atoms with E-state index < -0.39 is 12.0 Å². The van der Waals surface area contributed by atoms with Crippen LogP contribution in [-0.2, 0) is 14.3 Å². The molecule has 8 heteroatoms. The van der Waals surface area contributed by atoms with E-state index in [4.69, 9.17) is 9.47 Å². The van der Waals surface area contributed by atoms with Crippen molar-refractivity contribution in [2.75, 3.05) is 31.4 Å². The van der Waals surface area contributed by atoms with Crippen LogP contribution in [0.1, 0.15) is 30.6 Å². The molecule has 0 aliphatic carbocycles. The van der Waals surface area contributed by atoms with Crippen molar-refractivity contribution in [2.45, 2.75) is 26.3 Å². The quantitative estimate of drug-likeness (QED) is 0.545. The van der Waals surface area contributed by atoms with Gasteiger partial charge in [-0.3, -0.25) is 9.59 Å². The van der Waals surface area contributed by atoms with Crippen LogP contribution in [0.2, 0.25) is 0 Å². The predicted molar refractivity (Wildman–Crippen MR) is 99.2 cm³/mol. The van der Waals surface area contributed by atoms with Gasteiger partial charge in [-0.2, -0.15) is 0 Å². The Balaban J connectivity index is 1.88. The molecular formula is C18H24N2O5S. The zero-order chi connectivity index (χ0) is 18.9. The van der Waals surface area contributed by atoms with E-state index in [0.29, 0.717) is 42.5 Å². The Labute approximate surface area is 157 Å². The van der Waals surface area contributed by atoms with Gasteiger partial charge in [-0.15, -0.1) is 11.8 Å². The molecule has 1 fully saturated rings. The van der Waals surface area contributed by atoms with Crippen molar-refractivity contribution in [2.24, 2.45) is 0 Å². The molecule has 26 heavy (non-hydrogen) atoms. The molecule has 1 aliphatic rings. The number of ether oxygens (including phenoxy) is 2. The number of carbonyl (C=O) groups is 3. The Morgan fingerprint density at radius 1 is 1.27 bits per heavy atom. The van der Waals surface area contributed by atoms with Crippen LogP contribution in [0.3, 0.4) is 0 Å².